The van der Waals surface area contributed by atoms with Crippen molar-refractivity contribution < 1.29 is 19.5 Å². The maximum atomic E-state index is 10.9. The van der Waals surface area contributed by atoms with E-state index in [1.54, 1.807) is 19.9 Å². The molecular formula is C9H15O4P. The Hall–Kier alpha value is -0.570. The third-order valence-corrected chi connectivity index (χ3v) is 3.45. The first-order chi connectivity index (χ1) is 6.22. The van der Waals surface area contributed by atoms with E-state index in [0.717, 1.165) is 5.57 Å². The molecule has 1 rings (SSSR count). The van der Waals surface area contributed by atoms with Crippen LogP contribution in [0.15, 0.2) is 23.5 Å². The van der Waals surface area contributed by atoms with Crippen LogP contribution < -0.4 is 0 Å². The van der Waals surface area contributed by atoms with Crippen LogP contribution in [0.2, 0.25) is 0 Å². The summed E-state index contributed by atoms with van der Waals surface area (Å²) in [5.41, 5.74) is 0.221. The van der Waals surface area contributed by atoms with Gasteiger partial charge in [0.25, 0.3) is 0 Å². The van der Waals surface area contributed by atoms with E-state index in [2.05, 4.69) is 0 Å². The standard InChI is InChI=1S/C9H15O4P/c1-7-5-9(2,4-3-8(7)10)6-14(11,12)13/h3-4,10H,5-6H2,1-2H3,(H2,11,12,13). The monoisotopic (exact) mass is 218 g/mol. The molecule has 1 aliphatic carbocycles. The molecule has 0 heterocycles. The van der Waals surface area contributed by atoms with E-state index in [4.69, 9.17) is 9.79 Å². The number of aliphatic hydroxyl groups is 1. The average molecular weight is 218 g/mol. The molecule has 0 spiro atoms. The van der Waals surface area contributed by atoms with Crippen LogP contribution in [0, 0.1) is 5.41 Å². The van der Waals surface area contributed by atoms with Crippen LogP contribution in [-0.2, 0) is 4.57 Å². The maximum absolute atomic E-state index is 10.9. The van der Waals surface area contributed by atoms with Crippen LogP contribution in [0.25, 0.3) is 0 Å². The van der Waals surface area contributed by atoms with Crippen molar-refractivity contribution in [2.24, 2.45) is 5.41 Å². The van der Waals surface area contributed by atoms with Gasteiger partial charge in [0.1, 0.15) is 5.76 Å². The van der Waals surface area contributed by atoms with E-state index in [9.17, 15) is 9.67 Å². The van der Waals surface area contributed by atoms with Gasteiger partial charge in [0.05, 0.1) is 6.16 Å². The summed E-state index contributed by atoms with van der Waals surface area (Å²) in [4.78, 5) is 17.8. The van der Waals surface area contributed by atoms with Crippen molar-refractivity contribution in [2.75, 3.05) is 6.16 Å². The predicted octanol–water partition coefficient (Wildman–Crippen LogP) is 1.96. The second-order valence-electron chi connectivity index (χ2n) is 4.15. The van der Waals surface area contributed by atoms with Gasteiger partial charge in [0.2, 0.25) is 0 Å². The lowest BCUT2D eigenvalue weighted by Crippen LogP contribution is -2.22. The van der Waals surface area contributed by atoms with Gasteiger partial charge in [-0.2, -0.15) is 0 Å². The van der Waals surface area contributed by atoms with Gasteiger partial charge >= 0.3 is 7.60 Å². The minimum Gasteiger partial charge on any atom is -0.508 e. The van der Waals surface area contributed by atoms with Crippen LogP contribution in [0.5, 0.6) is 0 Å². The number of hydrogen-bond donors (Lipinski definition) is 3. The first kappa shape index (κ1) is 11.5. The van der Waals surface area contributed by atoms with Gasteiger partial charge in [-0.1, -0.05) is 13.0 Å². The summed E-state index contributed by atoms with van der Waals surface area (Å²) in [5.74, 6) is 0.202. The Morgan fingerprint density at radius 2 is 2.14 bits per heavy atom. The summed E-state index contributed by atoms with van der Waals surface area (Å²) in [6.07, 6.45) is 3.48. The molecule has 0 aromatic heterocycles. The molecule has 80 valence electrons. The van der Waals surface area contributed by atoms with Crippen molar-refractivity contribution >= 4 is 7.60 Å². The SMILES string of the molecule is CC1=C(O)C=CC(C)(CP(=O)(O)O)C1. The molecule has 0 aromatic rings. The first-order valence-electron chi connectivity index (χ1n) is 4.34. The minimum absolute atomic E-state index is 0.179. The quantitative estimate of drug-likeness (QED) is 0.619. The Morgan fingerprint density at radius 1 is 1.57 bits per heavy atom. The molecule has 0 fully saturated rings. The molecule has 4 nitrogen and oxygen atoms in total. The summed E-state index contributed by atoms with van der Waals surface area (Å²) in [5, 5.41) is 9.31. The molecule has 1 atom stereocenters. The van der Waals surface area contributed by atoms with Gasteiger partial charge < -0.3 is 14.9 Å². The van der Waals surface area contributed by atoms with E-state index in [1.807, 2.05) is 0 Å². The topological polar surface area (TPSA) is 77.8 Å². The molecule has 0 radical (unpaired) electrons. The second-order valence-corrected chi connectivity index (χ2v) is 5.80. The molecule has 1 unspecified atom stereocenters. The number of aliphatic hydroxyl groups excluding tert-OH is 1. The Balaban J connectivity index is 2.83. The fraction of sp³-hybridized carbons (Fsp3) is 0.556. The summed E-state index contributed by atoms with van der Waals surface area (Å²) in [6.45, 7) is 3.54. The molecule has 1 aliphatic rings. The van der Waals surface area contributed by atoms with Gasteiger partial charge in [-0.3, -0.25) is 4.57 Å². The second kappa shape index (κ2) is 3.54. The van der Waals surface area contributed by atoms with E-state index in [0.29, 0.717) is 6.42 Å². The van der Waals surface area contributed by atoms with Crippen LogP contribution in [0.3, 0.4) is 0 Å². The zero-order valence-electron chi connectivity index (χ0n) is 8.27. The highest BCUT2D eigenvalue weighted by atomic mass is 31.2. The van der Waals surface area contributed by atoms with Gasteiger partial charge in [0.15, 0.2) is 0 Å². The maximum Gasteiger partial charge on any atom is 0.326 e. The van der Waals surface area contributed by atoms with E-state index in [1.165, 1.54) is 6.08 Å². The van der Waals surface area contributed by atoms with Crippen LogP contribution in [0.1, 0.15) is 20.3 Å². The Bertz CT molecular complexity index is 339. The van der Waals surface area contributed by atoms with Crippen molar-refractivity contribution in [3.63, 3.8) is 0 Å². The highest BCUT2D eigenvalue weighted by Crippen LogP contribution is 2.46. The molecule has 0 saturated carbocycles. The van der Waals surface area contributed by atoms with Crippen LogP contribution >= 0.6 is 7.60 Å². The summed E-state index contributed by atoms with van der Waals surface area (Å²) in [6, 6.07) is 0. The number of allylic oxidation sites excluding steroid dienone is 3. The van der Waals surface area contributed by atoms with Crippen molar-refractivity contribution in [3.8, 4) is 0 Å². The summed E-state index contributed by atoms with van der Waals surface area (Å²) >= 11 is 0. The fourth-order valence-corrected chi connectivity index (χ4v) is 2.92. The van der Waals surface area contributed by atoms with Gasteiger partial charge in [-0.05, 0) is 25.0 Å². The van der Waals surface area contributed by atoms with Gasteiger partial charge in [-0.25, -0.2) is 0 Å². The molecule has 0 aliphatic heterocycles. The molecule has 5 heteroatoms. The van der Waals surface area contributed by atoms with Crippen molar-refractivity contribution in [1.82, 2.24) is 0 Å². The van der Waals surface area contributed by atoms with E-state index < -0.39 is 13.0 Å². The fourth-order valence-electron chi connectivity index (χ4n) is 1.76. The zero-order valence-corrected chi connectivity index (χ0v) is 9.16. The molecule has 14 heavy (non-hydrogen) atoms. The molecule has 3 N–H and O–H groups in total. The van der Waals surface area contributed by atoms with E-state index in [-0.39, 0.29) is 11.9 Å². The first-order valence-corrected chi connectivity index (χ1v) is 6.14. The lowest BCUT2D eigenvalue weighted by molar-refractivity contribution is 0.336. The third-order valence-electron chi connectivity index (χ3n) is 2.32. The van der Waals surface area contributed by atoms with E-state index >= 15 is 0 Å². The molecule has 0 aromatic carbocycles. The zero-order chi connectivity index (χ0) is 11.0. The normalized spacial score (nSPS) is 28.3. The van der Waals surface area contributed by atoms with Gasteiger partial charge in [0, 0.05) is 5.41 Å². The minimum atomic E-state index is -4.00. The van der Waals surface area contributed by atoms with Gasteiger partial charge in [-0.15, -0.1) is 0 Å². The molecular weight excluding hydrogens is 203 g/mol. The largest absolute Gasteiger partial charge is 0.508 e. The van der Waals surface area contributed by atoms with Crippen LogP contribution in [0.4, 0.5) is 0 Å². The van der Waals surface area contributed by atoms with Crippen molar-refractivity contribution in [3.05, 3.63) is 23.5 Å². The smallest absolute Gasteiger partial charge is 0.326 e. The average Bonchev–Trinajstić information content (AvgIpc) is 1.94. The lowest BCUT2D eigenvalue weighted by Gasteiger charge is -2.29. The number of rotatable bonds is 2. The molecule has 0 saturated heterocycles. The van der Waals surface area contributed by atoms with Crippen LogP contribution in [-0.4, -0.2) is 21.1 Å². The highest BCUT2D eigenvalue weighted by Gasteiger charge is 2.32. The predicted molar refractivity (Wildman–Crippen MR) is 54.1 cm³/mol. The Kier molecular flexibility index (Phi) is 2.91. The molecule has 0 amide bonds. The highest BCUT2D eigenvalue weighted by molar-refractivity contribution is 7.51. The molecule has 0 bridgehead atoms. The lowest BCUT2D eigenvalue weighted by atomic mass is 9.82. The summed E-state index contributed by atoms with van der Waals surface area (Å²) < 4.78 is 10.9. The summed E-state index contributed by atoms with van der Waals surface area (Å²) in [7, 11) is -4.00. The van der Waals surface area contributed by atoms with Crippen molar-refractivity contribution in [2.45, 2.75) is 20.3 Å². The Morgan fingerprint density at radius 3 is 2.57 bits per heavy atom. The Labute approximate surface area is 83.1 Å². The van der Waals surface area contributed by atoms with Crippen molar-refractivity contribution in [1.29, 1.82) is 0 Å². The number of hydrogen-bond acceptors (Lipinski definition) is 2. The third kappa shape index (κ3) is 2.98.